The minimum Gasteiger partial charge on any atom is -0.457 e. The Morgan fingerprint density at radius 1 is 0.852 bits per heavy atom. The predicted molar refractivity (Wildman–Crippen MR) is 80.2 cm³/mol. The molecule has 2 aromatic rings. The molecule has 0 saturated heterocycles. The summed E-state index contributed by atoms with van der Waals surface area (Å²) in [4.78, 5) is 23.0. The number of amides is 1. The van der Waals surface area contributed by atoms with Crippen LogP contribution in [0.2, 0.25) is 0 Å². The second-order valence-electron chi connectivity index (χ2n) is 4.96. The first-order chi connectivity index (χ1) is 12.7. The van der Waals surface area contributed by atoms with Gasteiger partial charge in [0.15, 0.2) is 23.3 Å². The smallest absolute Gasteiger partial charge is 0.331 e. The monoisotopic (exact) mass is 389 g/mol. The molecule has 0 radical (unpaired) electrons. The van der Waals surface area contributed by atoms with Crippen molar-refractivity contribution in [1.29, 1.82) is 0 Å². The lowest BCUT2D eigenvalue weighted by molar-refractivity contribution is -0.139. The van der Waals surface area contributed by atoms with Gasteiger partial charge in [0.25, 0.3) is 0 Å². The third kappa shape index (κ3) is 4.66. The predicted octanol–water partition coefficient (Wildman–Crippen LogP) is 3.76. The van der Waals surface area contributed by atoms with Gasteiger partial charge in [0.1, 0.15) is 12.4 Å². The molecule has 0 bridgehead atoms. The van der Waals surface area contributed by atoms with Crippen LogP contribution >= 0.6 is 0 Å². The highest BCUT2D eigenvalue weighted by Crippen LogP contribution is 2.23. The molecular weight excluding hydrogens is 380 g/mol. The molecule has 0 aromatic heterocycles. The zero-order chi connectivity index (χ0) is 20.1. The lowest BCUT2D eigenvalue weighted by atomic mass is 10.2. The maximum absolute atomic E-state index is 13.4. The van der Waals surface area contributed by atoms with E-state index in [1.165, 1.54) is 18.2 Å². The van der Waals surface area contributed by atoms with Crippen LogP contribution in [0.15, 0.2) is 36.4 Å². The highest BCUT2D eigenvalue weighted by atomic mass is 19.2. The molecule has 2 aromatic carbocycles. The summed E-state index contributed by atoms with van der Waals surface area (Å²) in [5, 5.41) is 2.11. The number of nitrogens with one attached hydrogen (secondary N) is 1. The Bertz CT molecular complexity index is 900. The van der Waals surface area contributed by atoms with Crippen molar-refractivity contribution in [2.75, 3.05) is 5.32 Å². The highest BCUT2D eigenvalue weighted by Gasteiger charge is 2.26. The second kappa shape index (κ2) is 8.39. The van der Waals surface area contributed by atoms with Crippen molar-refractivity contribution in [2.24, 2.45) is 0 Å². The summed E-state index contributed by atoms with van der Waals surface area (Å²) in [7, 11) is 0. The number of ether oxygens (including phenoxy) is 1. The Hall–Kier alpha value is -3.30. The summed E-state index contributed by atoms with van der Waals surface area (Å²) in [5.41, 5.74) is -1.51. The van der Waals surface area contributed by atoms with Crippen LogP contribution in [-0.4, -0.2) is 11.9 Å². The van der Waals surface area contributed by atoms with Gasteiger partial charge in [0, 0.05) is 12.2 Å². The van der Waals surface area contributed by atoms with Gasteiger partial charge in [-0.1, -0.05) is 12.1 Å². The molecule has 27 heavy (non-hydrogen) atoms. The van der Waals surface area contributed by atoms with Crippen molar-refractivity contribution in [3.8, 4) is 0 Å². The molecule has 1 amide bonds. The van der Waals surface area contributed by atoms with Gasteiger partial charge >= 0.3 is 5.97 Å². The molecule has 4 nitrogen and oxygen atoms in total. The van der Waals surface area contributed by atoms with Crippen molar-refractivity contribution >= 4 is 17.6 Å². The molecule has 0 fully saturated rings. The lowest BCUT2D eigenvalue weighted by Crippen LogP contribution is -2.12. The Labute approximate surface area is 148 Å². The summed E-state index contributed by atoms with van der Waals surface area (Å²) in [6.45, 7) is -1.26. The van der Waals surface area contributed by atoms with Crippen LogP contribution in [0.25, 0.3) is 0 Å². The van der Waals surface area contributed by atoms with Crippen molar-refractivity contribution in [1.82, 2.24) is 0 Å². The molecule has 142 valence electrons. The number of esters is 1. The molecule has 10 heteroatoms. The van der Waals surface area contributed by atoms with E-state index >= 15 is 0 Å². The number of halogens is 6. The number of para-hydroxylation sites is 1. The van der Waals surface area contributed by atoms with Gasteiger partial charge in [-0.25, -0.2) is 31.1 Å². The van der Waals surface area contributed by atoms with E-state index in [1.807, 2.05) is 0 Å². The second-order valence-corrected chi connectivity index (χ2v) is 4.96. The van der Waals surface area contributed by atoms with E-state index in [-0.39, 0.29) is 5.69 Å². The van der Waals surface area contributed by atoms with E-state index in [2.05, 4.69) is 10.1 Å². The third-order valence-electron chi connectivity index (χ3n) is 3.16. The molecular formula is C17H9F6NO3. The van der Waals surface area contributed by atoms with Crippen molar-refractivity contribution in [3.63, 3.8) is 0 Å². The summed E-state index contributed by atoms with van der Waals surface area (Å²) in [6, 6.07) is 5.17. The van der Waals surface area contributed by atoms with Crippen LogP contribution in [0.5, 0.6) is 0 Å². The summed E-state index contributed by atoms with van der Waals surface area (Å²) in [6.07, 6.45) is 1.16. The fourth-order valence-corrected chi connectivity index (χ4v) is 1.85. The Balaban J connectivity index is 2.00. The van der Waals surface area contributed by atoms with E-state index in [1.54, 1.807) is 0 Å². The first-order valence-corrected chi connectivity index (χ1v) is 7.13. The molecule has 0 spiro atoms. The van der Waals surface area contributed by atoms with Gasteiger partial charge in [0.2, 0.25) is 11.7 Å². The number of carbonyl (C=O) groups excluding carboxylic acids is 2. The van der Waals surface area contributed by atoms with Gasteiger partial charge in [-0.3, -0.25) is 4.79 Å². The zero-order valence-corrected chi connectivity index (χ0v) is 13.2. The molecule has 0 atom stereocenters. The van der Waals surface area contributed by atoms with Crippen molar-refractivity contribution < 1.29 is 40.7 Å². The van der Waals surface area contributed by atoms with Gasteiger partial charge in [-0.15, -0.1) is 0 Å². The van der Waals surface area contributed by atoms with Gasteiger partial charge < -0.3 is 10.1 Å². The number of anilines is 1. The largest absolute Gasteiger partial charge is 0.457 e. The van der Waals surface area contributed by atoms with E-state index in [9.17, 15) is 35.9 Å². The van der Waals surface area contributed by atoms with Crippen LogP contribution in [0.1, 0.15) is 5.56 Å². The topological polar surface area (TPSA) is 55.4 Å². The Morgan fingerprint density at radius 2 is 1.41 bits per heavy atom. The first kappa shape index (κ1) is 20.0. The van der Waals surface area contributed by atoms with Crippen LogP contribution in [0, 0.1) is 34.9 Å². The van der Waals surface area contributed by atoms with E-state index < -0.39 is 59.0 Å². The van der Waals surface area contributed by atoms with E-state index in [4.69, 9.17) is 0 Å². The number of hydrogen-bond donors (Lipinski definition) is 1. The van der Waals surface area contributed by atoms with Gasteiger partial charge in [-0.2, -0.15) is 0 Å². The third-order valence-corrected chi connectivity index (χ3v) is 3.16. The molecule has 0 aliphatic heterocycles. The molecule has 0 heterocycles. The SMILES string of the molecule is O=C(/C=C/C(=O)OCc1c(F)c(F)c(F)c(F)c1F)Nc1ccccc1F. The molecule has 1 N–H and O–H groups in total. The fraction of sp³-hybridized carbons (Fsp3) is 0.0588. The molecule has 0 aliphatic carbocycles. The van der Waals surface area contributed by atoms with Crippen LogP contribution in [0.3, 0.4) is 0 Å². The van der Waals surface area contributed by atoms with Crippen molar-refractivity contribution in [2.45, 2.75) is 6.61 Å². The van der Waals surface area contributed by atoms with Crippen molar-refractivity contribution in [3.05, 3.63) is 76.9 Å². The maximum Gasteiger partial charge on any atom is 0.331 e. The fourth-order valence-electron chi connectivity index (χ4n) is 1.85. The number of carbonyl (C=O) groups is 2. The average molecular weight is 389 g/mol. The average Bonchev–Trinajstić information content (AvgIpc) is 2.65. The zero-order valence-electron chi connectivity index (χ0n) is 13.2. The Morgan fingerprint density at radius 3 is 2.00 bits per heavy atom. The Kier molecular flexibility index (Phi) is 6.22. The van der Waals surface area contributed by atoms with Crippen LogP contribution in [0.4, 0.5) is 32.0 Å². The summed E-state index contributed by atoms with van der Waals surface area (Å²) < 4.78 is 83.5. The molecule has 2 rings (SSSR count). The standard InChI is InChI=1S/C17H9F6NO3/c18-9-3-1-2-4-10(9)24-11(25)5-6-12(26)27-7-8-13(19)15(21)17(23)16(22)14(8)20/h1-6H,7H2,(H,24,25)/b6-5+. The quantitative estimate of drug-likeness (QED) is 0.279. The van der Waals surface area contributed by atoms with Gasteiger partial charge in [0.05, 0.1) is 11.3 Å². The normalized spacial score (nSPS) is 10.9. The van der Waals surface area contributed by atoms with Crippen LogP contribution in [-0.2, 0) is 20.9 Å². The number of benzene rings is 2. The highest BCUT2D eigenvalue weighted by molar-refractivity contribution is 6.02. The minimum atomic E-state index is -2.34. The van der Waals surface area contributed by atoms with E-state index in [0.29, 0.717) is 12.2 Å². The van der Waals surface area contributed by atoms with Gasteiger partial charge in [-0.05, 0) is 12.1 Å². The summed E-state index contributed by atoms with van der Waals surface area (Å²) >= 11 is 0. The minimum absolute atomic E-state index is 0.165. The lowest BCUT2D eigenvalue weighted by Gasteiger charge is -2.08. The first-order valence-electron chi connectivity index (χ1n) is 7.13. The van der Waals surface area contributed by atoms with Crippen LogP contribution < -0.4 is 5.32 Å². The molecule has 0 unspecified atom stereocenters. The number of rotatable bonds is 5. The summed E-state index contributed by atoms with van der Waals surface area (Å²) in [5.74, 6) is -13.9. The maximum atomic E-state index is 13.4. The molecule has 0 saturated carbocycles. The van der Waals surface area contributed by atoms with E-state index in [0.717, 1.165) is 6.07 Å². The molecule has 0 aliphatic rings. The number of hydrogen-bond acceptors (Lipinski definition) is 3.